The number of rotatable bonds is 7. The van der Waals surface area contributed by atoms with Gasteiger partial charge in [0.1, 0.15) is 0 Å². The molecule has 1 heterocycles. The number of carbonyl (C=O) groups is 1. The number of nitrogens with one attached hydrogen (secondary N) is 2. The molecule has 1 amide bonds. The van der Waals surface area contributed by atoms with Crippen LogP contribution >= 0.6 is 0 Å². The van der Waals surface area contributed by atoms with Gasteiger partial charge in [-0.1, -0.05) is 20.8 Å². The number of amides is 1. The van der Waals surface area contributed by atoms with E-state index in [1.165, 1.54) is 12.3 Å². The first kappa shape index (κ1) is 15.4. The molecule has 1 rings (SSSR count). The number of anilines is 1. The van der Waals surface area contributed by atoms with Crippen LogP contribution in [0.4, 0.5) is 10.2 Å². The maximum absolute atomic E-state index is 14.1. The summed E-state index contributed by atoms with van der Waals surface area (Å²) in [5.41, 5.74) is 0.0421. The van der Waals surface area contributed by atoms with Crippen molar-refractivity contribution < 1.29 is 9.18 Å². The fourth-order valence-electron chi connectivity index (χ4n) is 1.74. The van der Waals surface area contributed by atoms with Crippen molar-refractivity contribution >= 4 is 11.7 Å². The van der Waals surface area contributed by atoms with E-state index in [0.29, 0.717) is 6.54 Å². The number of aromatic nitrogens is 1. The number of hydrogen-bond acceptors (Lipinski definition) is 3. The number of hydrogen-bond donors (Lipinski definition) is 2. The molecule has 0 atom stereocenters. The molecule has 106 valence electrons. The molecule has 0 fully saturated rings. The minimum Gasteiger partial charge on any atom is -0.368 e. The van der Waals surface area contributed by atoms with Crippen molar-refractivity contribution in [3.8, 4) is 0 Å². The van der Waals surface area contributed by atoms with Crippen molar-refractivity contribution in [2.24, 2.45) is 0 Å². The van der Waals surface area contributed by atoms with E-state index >= 15 is 0 Å². The Morgan fingerprint density at radius 1 is 1.37 bits per heavy atom. The summed E-state index contributed by atoms with van der Waals surface area (Å²) in [4.78, 5) is 15.9. The van der Waals surface area contributed by atoms with Gasteiger partial charge in [0.05, 0.1) is 5.56 Å². The molecular weight excluding hydrogens is 245 g/mol. The highest BCUT2D eigenvalue weighted by Crippen LogP contribution is 2.15. The van der Waals surface area contributed by atoms with Gasteiger partial charge in [0, 0.05) is 18.8 Å². The molecule has 0 saturated carbocycles. The van der Waals surface area contributed by atoms with E-state index in [9.17, 15) is 9.18 Å². The lowest BCUT2D eigenvalue weighted by Crippen LogP contribution is -2.34. The molecule has 2 N–H and O–H groups in total. The van der Waals surface area contributed by atoms with E-state index in [0.717, 1.165) is 19.3 Å². The topological polar surface area (TPSA) is 54.0 Å². The molecule has 0 spiro atoms. The lowest BCUT2D eigenvalue weighted by molar-refractivity contribution is 0.0930. The van der Waals surface area contributed by atoms with Crippen LogP contribution in [0.2, 0.25) is 0 Å². The lowest BCUT2D eigenvalue weighted by Gasteiger charge is -2.15. The highest BCUT2D eigenvalue weighted by Gasteiger charge is 2.17. The summed E-state index contributed by atoms with van der Waals surface area (Å²) in [5, 5.41) is 5.70. The second kappa shape index (κ2) is 7.71. The first-order valence-corrected chi connectivity index (χ1v) is 6.83. The van der Waals surface area contributed by atoms with Crippen molar-refractivity contribution in [1.82, 2.24) is 10.3 Å². The molecule has 0 unspecified atom stereocenters. The van der Waals surface area contributed by atoms with Crippen LogP contribution in [0.25, 0.3) is 0 Å². The summed E-state index contributed by atoms with van der Waals surface area (Å²) in [5.74, 6) is -0.827. The molecule has 0 aromatic carbocycles. The number of pyridine rings is 1. The summed E-state index contributed by atoms with van der Waals surface area (Å²) in [6.07, 6.45) is 3.97. The largest absolute Gasteiger partial charge is 0.368 e. The summed E-state index contributed by atoms with van der Waals surface area (Å²) < 4.78 is 14.1. The highest BCUT2D eigenvalue weighted by atomic mass is 19.1. The predicted octanol–water partition coefficient (Wildman–Crippen LogP) is 2.96. The molecule has 0 bridgehead atoms. The van der Waals surface area contributed by atoms with E-state index in [1.807, 2.05) is 20.8 Å². The summed E-state index contributed by atoms with van der Waals surface area (Å²) in [6, 6.07) is 1.48. The van der Waals surface area contributed by atoms with Crippen LogP contribution in [0.5, 0.6) is 0 Å². The highest BCUT2D eigenvalue weighted by molar-refractivity contribution is 5.95. The summed E-state index contributed by atoms with van der Waals surface area (Å²) in [6.45, 7) is 6.59. The van der Waals surface area contributed by atoms with Gasteiger partial charge in [-0.25, -0.2) is 9.37 Å². The Hall–Kier alpha value is -1.65. The monoisotopic (exact) mass is 267 g/mol. The molecule has 0 aliphatic heterocycles. The molecule has 0 saturated heterocycles. The molecule has 0 aliphatic rings. The number of carbonyl (C=O) groups excluding carboxylic acids is 1. The summed E-state index contributed by atoms with van der Waals surface area (Å²) >= 11 is 0. The van der Waals surface area contributed by atoms with E-state index in [-0.39, 0.29) is 23.3 Å². The fraction of sp³-hybridized carbons (Fsp3) is 0.571. The van der Waals surface area contributed by atoms with Crippen LogP contribution in [0.15, 0.2) is 12.3 Å². The van der Waals surface area contributed by atoms with E-state index < -0.39 is 5.82 Å². The molecule has 4 nitrogen and oxygen atoms in total. The second-order valence-corrected chi connectivity index (χ2v) is 4.43. The zero-order valence-corrected chi connectivity index (χ0v) is 11.8. The van der Waals surface area contributed by atoms with Gasteiger partial charge >= 0.3 is 0 Å². The standard InChI is InChI=1S/C14H22FN3O/c1-4-8-16-13-12(15)11(7-9-17-13)14(19)18-10(5-2)6-3/h7,9-10H,4-6,8H2,1-3H3,(H,16,17)(H,18,19). The molecule has 0 aliphatic carbocycles. The SMILES string of the molecule is CCCNc1nccc(C(=O)NC(CC)CC)c1F. The van der Waals surface area contributed by atoms with Gasteiger partial charge in [0.2, 0.25) is 0 Å². The Morgan fingerprint density at radius 2 is 2.05 bits per heavy atom. The predicted molar refractivity (Wildman–Crippen MR) is 74.8 cm³/mol. The molecule has 19 heavy (non-hydrogen) atoms. The zero-order valence-electron chi connectivity index (χ0n) is 11.8. The van der Waals surface area contributed by atoms with Gasteiger partial charge in [-0.05, 0) is 25.3 Å². The van der Waals surface area contributed by atoms with Crippen molar-refractivity contribution in [3.63, 3.8) is 0 Å². The van der Waals surface area contributed by atoms with Crippen LogP contribution in [0.3, 0.4) is 0 Å². The van der Waals surface area contributed by atoms with Crippen molar-refractivity contribution in [3.05, 3.63) is 23.6 Å². The quantitative estimate of drug-likeness (QED) is 0.798. The minimum absolute atomic E-state index is 0.0421. The van der Waals surface area contributed by atoms with Crippen LogP contribution < -0.4 is 10.6 Å². The van der Waals surface area contributed by atoms with E-state index in [1.54, 1.807) is 0 Å². The van der Waals surface area contributed by atoms with Gasteiger partial charge in [-0.2, -0.15) is 0 Å². The van der Waals surface area contributed by atoms with E-state index in [2.05, 4.69) is 15.6 Å². The van der Waals surface area contributed by atoms with Crippen LogP contribution in [0, 0.1) is 5.82 Å². The smallest absolute Gasteiger partial charge is 0.254 e. The Balaban J connectivity index is 2.85. The van der Waals surface area contributed by atoms with Crippen molar-refractivity contribution in [2.75, 3.05) is 11.9 Å². The Bertz CT molecular complexity index is 419. The maximum atomic E-state index is 14.1. The Morgan fingerprint density at radius 3 is 2.63 bits per heavy atom. The fourth-order valence-corrected chi connectivity index (χ4v) is 1.74. The summed E-state index contributed by atoms with van der Waals surface area (Å²) in [7, 11) is 0. The molecule has 5 heteroatoms. The maximum Gasteiger partial charge on any atom is 0.254 e. The normalized spacial score (nSPS) is 10.6. The number of halogens is 1. The molecule has 1 aromatic rings. The van der Waals surface area contributed by atoms with Crippen molar-refractivity contribution in [1.29, 1.82) is 0 Å². The molecule has 0 radical (unpaired) electrons. The van der Waals surface area contributed by atoms with Crippen LogP contribution in [0.1, 0.15) is 50.4 Å². The third kappa shape index (κ3) is 4.19. The second-order valence-electron chi connectivity index (χ2n) is 4.43. The first-order chi connectivity index (χ1) is 9.13. The molecule has 1 aromatic heterocycles. The van der Waals surface area contributed by atoms with Gasteiger partial charge in [0.25, 0.3) is 5.91 Å². The average molecular weight is 267 g/mol. The van der Waals surface area contributed by atoms with Gasteiger partial charge in [0.15, 0.2) is 11.6 Å². The average Bonchev–Trinajstić information content (AvgIpc) is 2.43. The Kier molecular flexibility index (Phi) is 6.25. The zero-order chi connectivity index (χ0) is 14.3. The minimum atomic E-state index is -0.584. The van der Waals surface area contributed by atoms with Crippen LogP contribution in [-0.2, 0) is 0 Å². The molecular formula is C14H22FN3O. The first-order valence-electron chi connectivity index (χ1n) is 6.83. The van der Waals surface area contributed by atoms with Gasteiger partial charge < -0.3 is 10.6 Å². The van der Waals surface area contributed by atoms with Crippen molar-refractivity contribution in [2.45, 2.75) is 46.1 Å². The van der Waals surface area contributed by atoms with Crippen LogP contribution in [-0.4, -0.2) is 23.5 Å². The van der Waals surface area contributed by atoms with Gasteiger partial charge in [-0.3, -0.25) is 4.79 Å². The third-order valence-corrected chi connectivity index (χ3v) is 3.00. The van der Waals surface area contributed by atoms with E-state index in [4.69, 9.17) is 0 Å². The Labute approximate surface area is 113 Å². The lowest BCUT2D eigenvalue weighted by atomic mass is 10.1. The van der Waals surface area contributed by atoms with Gasteiger partial charge in [-0.15, -0.1) is 0 Å². The number of nitrogens with zero attached hydrogens (tertiary/aromatic N) is 1. The third-order valence-electron chi connectivity index (χ3n) is 3.00.